The Morgan fingerprint density at radius 3 is 2.79 bits per heavy atom. The van der Waals surface area contributed by atoms with E-state index in [0.717, 1.165) is 5.52 Å². The Morgan fingerprint density at radius 1 is 1.14 bits per heavy atom. The highest BCUT2D eigenvalue weighted by Crippen LogP contribution is 2.28. The number of carbonyl (C=O) groups is 1. The summed E-state index contributed by atoms with van der Waals surface area (Å²) in [7, 11) is 1.56. The first kappa shape index (κ1) is 19.2. The van der Waals surface area contributed by atoms with Crippen LogP contribution in [0.1, 0.15) is 16.1 Å². The molecule has 1 amide bonds. The van der Waals surface area contributed by atoms with Gasteiger partial charge in [-0.2, -0.15) is 4.98 Å². The van der Waals surface area contributed by atoms with Crippen LogP contribution in [0.4, 0.5) is 6.01 Å². The number of benzene rings is 2. The lowest BCUT2D eigenvalue weighted by Gasteiger charge is -2.06. The number of carbonyl (C=O) groups excluding carboxylic acids is 1. The van der Waals surface area contributed by atoms with E-state index in [9.17, 15) is 4.79 Å². The highest BCUT2D eigenvalue weighted by molar-refractivity contribution is 14.1. The van der Waals surface area contributed by atoms with E-state index < -0.39 is 0 Å². The quantitative estimate of drug-likeness (QED) is 0.377. The molecule has 0 fully saturated rings. The minimum atomic E-state index is -0.273. The fourth-order valence-electron chi connectivity index (χ4n) is 2.72. The van der Waals surface area contributed by atoms with E-state index in [-0.39, 0.29) is 11.6 Å². The van der Waals surface area contributed by atoms with Crippen molar-refractivity contribution >= 4 is 45.6 Å². The van der Waals surface area contributed by atoms with Crippen LogP contribution < -0.4 is 15.4 Å². The van der Waals surface area contributed by atoms with Crippen LogP contribution in [0, 0.1) is 3.57 Å². The summed E-state index contributed by atoms with van der Waals surface area (Å²) in [6.07, 6.45) is 1.53. The minimum Gasteiger partial charge on any atom is -0.457 e. The summed E-state index contributed by atoms with van der Waals surface area (Å²) in [4.78, 5) is 20.2. The van der Waals surface area contributed by atoms with Crippen LogP contribution in [0.15, 0.2) is 65.2 Å². The van der Waals surface area contributed by atoms with E-state index in [0.29, 0.717) is 29.6 Å². The summed E-state index contributed by atoms with van der Waals surface area (Å²) >= 11 is 2.30. The number of aromatic nitrogens is 2. The molecule has 2 aromatic carbocycles. The molecule has 4 rings (SSSR count). The number of nitrogens with one attached hydrogen (secondary N) is 2. The fourth-order valence-corrected chi connectivity index (χ4v) is 3.30. The van der Waals surface area contributed by atoms with Gasteiger partial charge in [0.15, 0.2) is 5.58 Å². The molecular formula is C21H17IN4O3. The first-order valence-electron chi connectivity index (χ1n) is 8.86. The molecule has 0 aliphatic rings. The molecule has 4 aromatic rings. The number of nitrogens with zero attached hydrogens (tertiary/aromatic N) is 2. The average Bonchev–Trinajstić information content (AvgIpc) is 3.15. The maximum absolute atomic E-state index is 11.7. The largest absolute Gasteiger partial charge is 0.457 e. The summed E-state index contributed by atoms with van der Waals surface area (Å²) in [6.45, 7) is 0.620. The lowest BCUT2D eigenvalue weighted by molar-refractivity contribution is 0.0958. The zero-order valence-corrected chi connectivity index (χ0v) is 17.6. The van der Waals surface area contributed by atoms with Gasteiger partial charge >= 0.3 is 0 Å². The van der Waals surface area contributed by atoms with Gasteiger partial charge in [-0.3, -0.25) is 9.78 Å². The van der Waals surface area contributed by atoms with Gasteiger partial charge in [0, 0.05) is 35.5 Å². The molecule has 0 unspecified atom stereocenters. The number of ether oxygens (including phenoxy) is 1. The Balaban J connectivity index is 1.50. The molecule has 2 heterocycles. The van der Waals surface area contributed by atoms with Crippen LogP contribution in [0.25, 0.3) is 11.1 Å². The summed E-state index contributed by atoms with van der Waals surface area (Å²) in [6, 6.07) is 17.2. The normalized spacial score (nSPS) is 10.7. The molecule has 0 spiro atoms. The molecule has 0 saturated carbocycles. The van der Waals surface area contributed by atoms with Crippen molar-refractivity contribution in [3.8, 4) is 11.5 Å². The third-order valence-electron chi connectivity index (χ3n) is 4.17. The lowest BCUT2D eigenvalue weighted by atomic mass is 10.2. The number of halogens is 1. The summed E-state index contributed by atoms with van der Waals surface area (Å²) in [5, 5.41) is 5.75. The van der Waals surface area contributed by atoms with Crippen molar-refractivity contribution in [3.63, 3.8) is 0 Å². The first-order chi connectivity index (χ1) is 14.1. The molecule has 0 radical (unpaired) electrons. The van der Waals surface area contributed by atoms with E-state index in [1.807, 2.05) is 18.2 Å². The third kappa shape index (κ3) is 4.48. The van der Waals surface area contributed by atoms with Crippen LogP contribution in [0.5, 0.6) is 11.5 Å². The predicted molar refractivity (Wildman–Crippen MR) is 118 cm³/mol. The van der Waals surface area contributed by atoms with Crippen molar-refractivity contribution in [1.82, 2.24) is 15.3 Å². The molecule has 0 saturated heterocycles. The maximum Gasteiger partial charge on any atom is 0.295 e. The van der Waals surface area contributed by atoms with Crippen LogP contribution in [0.2, 0.25) is 0 Å². The number of oxazole rings is 1. The summed E-state index contributed by atoms with van der Waals surface area (Å²) in [5.41, 5.74) is 2.79. The highest BCUT2D eigenvalue weighted by Gasteiger charge is 2.10. The van der Waals surface area contributed by atoms with E-state index in [1.165, 1.54) is 15.3 Å². The van der Waals surface area contributed by atoms with E-state index in [4.69, 9.17) is 9.15 Å². The standard InChI is InChI=1S/C21H17IN4O3/c1-23-20(27)18-10-15(8-9-24-18)28-14-6-7-17-19(11-14)29-21(26-17)25-12-13-4-2-3-5-16(13)22/h2-11H,12H2,1H3,(H,23,27)(H,25,26). The fraction of sp³-hybridized carbons (Fsp3) is 0.0952. The Bertz CT molecular complexity index is 1180. The molecule has 29 heavy (non-hydrogen) atoms. The molecule has 0 bridgehead atoms. The van der Waals surface area contributed by atoms with Gasteiger partial charge in [-0.05, 0) is 52.4 Å². The number of hydrogen-bond acceptors (Lipinski definition) is 6. The number of pyridine rings is 1. The van der Waals surface area contributed by atoms with Gasteiger partial charge in [-0.25, -0.2) is 0 Å². The van der Waals surface area contributed by atoms with Crippen LogP contribution >= 0.6 is 22.6 Å². The SMILES string of the molecule is CNC(=O)c1cc(Oc2ccc3nc(NCc4ccccc4I)oc3c2)ccn1. The molecule has 146 valence electrons. The zero-order valence-electron chi connectivity index (χ0n) is 15.5. The van der Waals surface area contributed by atoms with Gasteiger partial charge in [-0.1, -0.05) is 18.2 Å². The van der Waals surface area contributed by atoms with Gasteiger partial charge in [0.25, 0.3) is 11.9 Å². The van der Waals surface area contributed by atoms with Crippen LogP contribution in [-0.4, -0.2) is 22.9 Å². The second kappa shape index (κ2) is 8.48. The van der Waals surface area contributed by atoms with Crippen molar-refractivity contribution in [2.45, 2.75) is 6.54 Å². The zero-order chi connectivity index (χ0) is 20.2. The topological polar surface area (TPSA) is 89.3 Å². The van der Waals surface area contributed by atoms with Crippen molar-refractivity contribution in [2.24, 2.45) is 0 Å². The maximum atomic E-state index is 11.7. The lowest BCUT2D eigenvalue weighted by Crippen LogP contribution is -2.18. The molecular weight excluding hydrogens is 483 g/mol. The van der Waals surface area contributed by atoms with Crippen molar-refractivity contribution < 1.29 is 13.9 Å². The van der Waals surface area contributed by atoms with Gasteiger partial charge in [0.1, 0.15) is 22.7 Å². The number of hydrogen-bond donors (Lipinski definition) is 2. The Hall–Kier alpha value is -3.14. The monoisotopic (exact) mass is 500 g/mol. The minimum absolute atomic E-state index is 0.273. The van der Waals surface area contributed by atoms with Gasteiger partial charge < -0.3 is 19.8 Å². The van der Waals surface area contributed by atoms with Gasteiger partial charge in [-0.15, -0.1) is 0 Å². The Labute approximate surface area is 180 Å². The number of anilines is 1. The predicted octanol–water partition coefficient (Wildman–Crippen LogP) is 4.59. The van der Waals surface area contributed by atoms with Crippen molar-refractivity contribution in [3.05, 3.63) is 75.6 Å². The number of amides is 1. The molecule has 2 aromatic heterocycles. The highest BCUT2D eigenvalue weighted by atomic mass is 127. The first-order valence-corrected chi connectivity index (χ1v) is 9.94. The third-order valence-corrected chi connectivity index (χ3v) is 5.23. The number of fused-ring (bicyclic) bond motifs is 1. The average molecular weight is 500 g/mol. The molecule has 2 N–H and O–H groups in total. The summed E-state index contributed by atoms with van der Waals surface area (Å²) in [5.74, 6) is 0.811. The van der Waals surface area contributed by atoms with Gasteiger partial charge in [0.2, 0.25) is 0 Å². The van der Waals surface area contributed by atoms with Crippen LogP contribution in [-0.2, 0) is 6.54 Å². The Kier molecular flexibility index (Phi) is 5.61. The molecule has 7 nitrogen and oxygen atoms in total. The van der Waals surface area contributed by atoms with Gasteiger partial charge in [0.05, 0.1) is 0 Å². The molecule has 0 aliphatic heterocycles. The van der Waals surface area contributed by atoms with Crippen molar-refractivity contribution in [1.29, 1.82) is 0 Å². The molecule has 0 aliphatic carbocycles. The van der Waals surface area contributed by atoms with Crippen molar-refractivity contribution in [2.75, 3.05) is 12.4 Å². The van der Waals surface area contributed by atoms with E-state index in [1.54, 1.807) is 31.3 Å². The second-order valence-corrected chi connectivity index (χ2v) is 7.31. The molecule has 0 atom stereocenters. The Morgan fingerprint density at radius 2 is 1.97 bits per heavy atom. The van der Waals surface area contributed by atoms with Crippen LogP contribution in [0.3, 0.4) is 0 Å². The second-order valence-electron chi connectivity index (χ2n) is 6.15. The van der Waals surface area contributed by atoms with E-state index in [2.05, 4.69) is 55.3 Å². The van der Waals surface area contributed by atoms with E-state index >= 15 is 0 Å². The number of rotatable bonds is 6. The molecule has 8 heteroatoms. The summed E-state index contributed by atoms with van der Waals surface area (Å²) < 4.78 is 12.8. The smallest absolute Gasteiger partial charge is 0.295 e.